The van der Waals surface area contributed by atoms with Crippen molar-refractivity contribution in [3.63, 3.8) is 0 Å². The van der Waals surface area contributed by atoms with Crippen molar-refractivity contribution in [2.45, 2.75) is 32.2 Å². The van der Waals surface area contributed by atoms with Gasteiger partial charge in [0.2, 0.25) is 5.91 Å². The van der Waals surface area contributed by atoms with Crippen LogP contribution in [-0.4, -0.2) is 52.3 Å². The Morgan fingerprint density at radius 3 is 2.52 bits per heavy atom. The van der Waals surface area contributed by atoms with Crippen molar-refractivity contribution in [2.75, 3.05) is 31.1 Å². The van der Waals surface area contributed by atoms with E-state index in [2.05, 4.69) is 33.5 Å². The van der Waals surface area contributed by atoms with Gasteiger partial charge in [0.25, 0.3) is 0 Å². The Morgan fingerprint density at radius 1 is 1.03 bits per heavy atom. The summed E-state index contributed by atoms with van der Waals surface area (Å²) in [6.07, 6.45) is 5.68. The molecule has 0 spiro atoms. The zero-order valence-electron chi connectivity index (χ0n) is 19.1. The number of Topliss-reactive ketones (excluding diaryl/α,β-unsaturated/α-hetero) is 1. The van der Waals surface area contributed by atoms with Crippen LogP contribution in [0.1, 0.15) is 37.8 Å². The summed E-state index contributed by atoms with van der Waals surface area (Å²) in [5.41, 5.74) is 4.53. The summed E-state index contributed by atoms with van der Waals surface area (Å²) >= 11 is 0. The van der Waals surface area contributed by atoms with Crippen LogP contribution in [0.15, 0.2) is 67.1 Å². The van der Waals surface area contributed by atoms with E-state index in [0.717, 1.165) is 30.8 Å². The summed E-state index contributed by atoms with van der Waals surface area (Å²) in [4.78, 5) is 34.5. The molecule has 3 aromatic rings. The monoisotopic (exact) mass is 442 g/mol. The highest BCUT2D eigenvalue weighted by Gasteiger charge is 2.33. The second kappa shape index (κ2) is 9.22. The van der Waals surface area contributed by atoms with Crippen molar-refractivity contribution in [1.82, 2.24) is 14.5 Å². The average molecular weight is 443 g/mol. The van der Waals surface area contributed by atoms with Crippen LogP contribution in [0.3, 0.4) is 0 Å². The number of fused-ring (bicyclic) bond motifs is 3. The molecule has 1 fully saturated rings. The predicted molar refractivity (Wildman–Crippen MR) is 129 cm³/mol. The van der Waals surface area contributed by atoms with Crippen LogP contribution in [-0.2, 0) is 9.59 Å². The fraction of sp³-hybridized carbons (Fsp3) is 0.370. The average Bonchev–Trinajstić information content (AvgIpc) is 3.45. The first-order valence-corrected chi connectivity index (χ1v) is 11.9. The van der Waals surface area contributed by atoms with E-state index in [1.54, 1.807) is 0 Å². The molecule has 33 heavy (non-hydrogen) atoms. The lowest BCUT2D eigenvalue weighted by molar-refractivity contribution is -0.134. The van der Waals surface area contributed by atoms with Gasteiger partial charge in [-0.1, -0.05) is 42.5 Å². The summed E-state index contributed by atoms with van der Waals surface area (Å²) in [6, 6.07) is 18.4. The van der Waals surface area contributed by atoms with Crippen molar-refractivity contribution in [3.05, 3.63) is 72.7 Å². The van der Waals surface area contributed by atoms with Crippen molar-refractivity contribution >= 4 is 17.4 Å². The Morgan fingerprint density at radius 2 is 1.76 bits per heavy atom. The van der Waals surface area contributed by atoms with Crippen LogP contribution in [0.2, 0.25) is 0 Å². The van der Waals surface area contributed by atoms with E-state index in [0.29, 0.717) is 31.8 Å². The molecule has 2 aliphatic rings. The minimum atomic E-state index is 0.0187. The van der Waals surface area contributed by atoms with Gasteiger partial charge in [-0.15, -0.1) is 0 Å². The molecular formula is C27H30N4O2. The minimum absolute atomic E-state index is 0.0187. The molecule has 0 saturated carbocycles. The summed E-state index contributed by atoms with van der Waals surface area (Å²) in [5.74, 6) is 0.451. The number of hydrogen-bond acceptors (Lipinski definition) is 4. The molecule has 0 radical (unpaired) electrons. The van der Waals surface area contributed by atoms with E-state index in [4.69, 9.17) is 0 Å². The van der Waals surface area contributed by atoms with Gasteiger partial charge in [0.15, 0.2) is 0 Å². The Kier molecular flexibility index (Phi) is 5.99. The lowest BCUT2D eigenvalue weighted by Gasteiger charge is -2.33. The van der Waals surface area contributed by atoms with Crippen molar-refractivity contribution < 1.29 is 9.59 Å². The molecule has 2 aliphatic heterocycles. The number of imidazole rings is 1. The quantitative estimate of drug-likeness (QED) is 0.551. The zero-order chi connectivity index (χ0) is 22.8. The van der Waals surface area contributed by atoms with Gasteiger partial charge in [0.05, 0.1) is 30.8 Å². The fourth-order valence-corrected chi connectivity index (χ4v) is 5.24. The van der Waals surface area contributed by atoms with Crippen molar-refractivity contribution in [1.29, 1.82) is 0 Å². The van der Waals surface area contributed by atoms with E-state index in [-0.39, 0.29) is 17.9 Å². The molecule has 1 unspecified atom stereocenters. The number of anilines is 1. The van der Waals surface area contributed by atoms with Gasteiger partial charge in [0.1, 0.15) is 5.78 Å². The number of rotatable bonds is 7. The largest absolute Gasteiger partial charge is 0.362 e. The van der Waals surface area contributed by atoms with Crippen LogP contribution in [0.4, 0.5) is 5.69 Å². The third kappa shape index (κ3) is 4.17. The van der Waals surface area contributed by atoms with Crippen LogP contribution >= 0.6 is 0 Å². The van der Waals surface area contributed by atoms with E-state index in [1.165, 1.54) is 11.1 Å². The topological polar surface area (TPSA) is 58.4 Å². The lowest BCUT2D eigenvalue weighted by Crippen LogP contribution is -2.45. The highest BCUT2D eigenvalue weighted by molar-refractivity contribution is 5.85. The van der Waals surface area contributed by atoms with E-state index < -0.39 is 0 Å². The molecule has 1 atom stereocenters. The van der Waals surface area contributed by atoms with E-state index >= 15 is 0 Å². The van der Waals surface area contributed by atoms with Gasteiger partial charge in [0, 0.05) is 43.2 Å². The first kappa shape index (κ1) is 21.4. The number of piperidine rings is 1. The summed E-state index contributed by atoms with van der Waals surface area (Å²) in [5, 5.41) is 0. The Hall–Kier alpha value is -3.41. The smallest absolute Gasteiger partial charge is 0.242 e. The molecule has 5 rings (SSSR count). The van der Waals surface area contributed by atoms with Gasteiger partial charge in [-0.2, -0.15) is 0 Å². The second-order valence-electron chi connectivity index (χ2n) is 8.96. The number of amides is 1. The number of para-hydroxylation sites is 1. The van der Waals surface area contributed by atoms with Crippen LogP contribution in [0, 0.1) is 5.92 Å². The molecule has 0 aliphatic carbocycles. The number of ketones is 1. The molecule has 6 nitrogen and oxygen atoms in total. The number of carbonyl (C=O) groups excluding carboxylic acids is 2. The van der Waals surface area contributed by atoms with Gasteiger partial charge in [-0.3, -0.25) is 9.59 Å². The standard InChI is InChI=1S/C27H30N4O2/c1-2-29(21-8-4-3-5-9-21)18-27(33)30-14-12-20(13-15-30)26(32)16-24-22-10-6-7-11-23(22)25-17-28-19-31(24)25/h3-11,17,19-20,24H,2,12-16,18H2,1H3. The second-order valence-corrected chi connectivity index (χ2v) is 8.96. The van der Waals surface area contributed by atoms with Gasteiger partial charge in [-0.25, -0.2) is 4.98 Å². The van der Waals surface area contributed by atoms with E-state index in [1.807, 2.05) is 59.9 Å². The highest BCUT2D eigenvalue weighted by atomic mass is 16.2. The summed E-state index contributed by atoms with van der Waals surface area (Å²) in [7, 11) is 0. The lowest BCUT2D eigenvalue weighted by atomic mass is 9.87. The molecular weight excluding hydrogens is 412 g/mol. The fourth-order valence-electron chi connectivity index (χ4n) is 5.24. The first-order chi connectivity index (χ1) is 16.2. The normalized spacial score (nSPS) is 17.5. The first-order valence-electron chi connectivity index (χ1n) is 11.9. The number of benzene rings is 2. The Balaban J connectivity index is 1.18. The molecule has 1 aromatic heterocycles. The summed E-state index contributed by atoms with van der Waals surface area (Å²) in [6.45, 7) is 4.53. The Bertz CT molecular complexity index is 1130. The van der Waals surface area contributed by atoms with Crippen molar-refractivity contribution in [3.8, 4) is 11.3 Å². The van der Waals surface area contributed by atoms with Crippen molar-refractivity contribution in [2.24, 2.45) is 5.92 Å². The molecule has 1 amide bonds. The predicted octanol–water partition coefficient (Wildman–Crippen LogP) is 4.18. The molecule has 3 heterocycles. The minimum Gasteiger partial charge on any atom is -0.362 e. The Labute approximate surface area is 194 Å². The number of likely N-dealkylation sites (N-methyl/N-ethyl adjacent to an activating group) is 1. The maximum Gasteiger partial charge on any atom is 0.242 e. The molecule has 0 bridgehead atoms. The molecule has 6 heteroatoms. The third-order valence-electron chi connectivity index (χ3n) is 7.12. The van der Waals surface area contributed by atoms with E-state index in [9.17, 15) is 9.59 Å². The molecule has 170 valence electrons. The third-order valence-corrected chi connectivity index (χ3v) is 7.12. The number of nitrogens with zero attached hydrogens (tertiary/aromatic N) is 4. The number of carbonyl (C=O) groups is 2. The van der Waals surface area contributed by atoms with Gasteiger partial charge in [-0.05, 0) is 37.5 Å². The van der Waals surface area contributed by atoms with Gasteiger partial charge < -0.3 is 14.4 Å². The summed E-state index contributed by atoms with van der Waals surface area (Å²) < 4.78 is 2.13. The van der Waals surface area contributed by atoms with Gasteiger partial charge >= 0.3 is 0 Å². The maximum atomic E-state index is 13.2. The SMILES string of the molecule is CCN(CC(=O)N1CCC(C(=O)CC2c3ccccc3-c3cncn32)CC1)c1ccccc1. The molecule has 2 aromatic carbocycles. The highest BCUT2D eigenvalue weighted by Crippen LogP contribution is 2.41. The number of aromatic nitrogens is 2. The molecule has 0 N–H and O–H groups in total. The van der Waals surface area contributed by atoms with Crippen LogP contribution < -0.4 is 4.90 Å². The van der Waals surface area contributed by atoms with Crippen LogP contribution in [0.25, 0.3) is 11.3 Å². The number of likely N-dealkylation sites (tertiary alicyclic amines) is 1. The number of hydrogen-bond donors (Lipinski definition) is 0. The molecule has 1 saturated heterocycles. The maximum absolute atomic E-state index is 13.2. The zero-order valence-corrected chi connectivity index (χ0v) is 19.1. The van der Waals surface area contributed by atoms with Crippen LogP contribution in [0.5, 0.6) is 0 Å².